The van der Waals surface area contributed by atoms with Crippen LogP contribution in [-0.2, 0) is 16.0 Å². The summed E-state index contributed by atoms with van der Waals surface area (Å²) in [6, 6.07) is 17.8. The molecule has 2 amide bonds. The number of fused-ring (bicyclic) bond motifs is 1. The van der Waals surface area contributed by atoms with Crippen molar-refractivity contribution in [3.05, 3.63) is 81.9 Å². The summed E-state index contributed by atoms with van der Waals surface area (Å²) in [5, 5.41) is 16.8. The number of rotatable bonds is 8. The molecule has 0 aromatic heterocycles. The van der Waals surface area contributed by atoms with Gasteiger partial charge in [-0.15, -0.1) is 0 Å². The number of benzene rings is 3. The number of primary amides is 1. The second kappa shape index (κ2) is 11.0. The second-order valence-corrected chi connectivity index (χ2v) is 9.01. The van der Waals surface area contributed by atoms with Gasteiger partial charge in [-0.2, -0.15) is 0 Å². The van der Waals surface area contributed by atoms with Crippen LogP contribution >= 0.6 is 0 Å². The Bertz CT molecular complexity index is 1230. The van der Waals surface area contributed by atoms with Gasteiger partial charge in [0.15, 0.2) is 0 Å². The third kappa shape index (κ3) is 5.95. The Hall–Kier alpha value is -3.94. The molecule has 3 aromatic carbocycles. The molecule has 1 fully saturated rings. The van der Waals surface area contributed by atoms with Gasteiger partial charge < -0.3 is 16.0 Å². The third-order valence-corrected chi connectivity index (χ3v) is 6.52. The first-order chi connectivity index (χ1) is 16.9. The van der Waals surface area contributed by atoms with Crippen molar-refractivity contribution < 1.29 is 14.5 Å². The minimum Gasteiger partial charge on any atom is -0.370 e. The van der Waals surface area contributed by atoms with E-state index in [9.17, 15) is 19.7 Å². The van der Waals surface area contributed by atoms with Gasteiger partial charge in [-0.3, -0.25) is 19.7 Å². The Morgan fingerprint density at radius 2 is 1.71 bits per heavy atom. The molecule has 3 N–H and O–H groups in total. The van der Waals surface area contributed by atoms with E-state index in [0.717, 1.165) is 55.1 Å². The van der Waals surface area contributed by atoms with Crippen molar-refractivity contribution in [2.45, 2.75) is 44.6 Å². The predicted molar refractivity (Wildman–Crippen MR) is 136 cm³/mol. The Balaban J connectivity index is 1.58. The molecular weight excluding hydrogens is 444 g/mol. The van der Waals surface area contributed by atoms with Crippen molar-refractivity contribution in [3.63, 3.8) is 0 Å². The number of hydrogen-bond acceptors (Lipinski definition) is 5. The molecule has 1 saturated heterocycles. The fraction of sp³-hybridized carbons (Fsp3) is 0.333. The summed E-state index contributed by atoms with van der Waals surface area (Å²) in [6.07, 6.45) is 4.19. The first-order valence-corrected chi connectivity index (χ1v) is 12.0. The zero-order valence-corrected chi connectivity index (χ0v) is 19.6. The normalized spacial score (nSPS) is 14.8. The third-order valence-electron chi connectivity index (χ3n) is 6.52. The lowest BCUT2D eigenvalue weighted by molar-refractivity contribution is -0.384. The van der Waals surface area contributed by atoms with Crippen LogP contribution in [0.4, 0.5) is 11.4 Å². The maximum atomic E-state index is 13.0. The van der Waals surface area contributed by atoms with Crippen LogP contribution in [0.1, 0.15) is 49.3 Å². The van der Waals surface area contributed by atoms with E-state index in [1.54, 1.807) is 12.1 Å². The molecule has 1 unspecified atom stereocenters. The molecule has 0 bridgehead atoms. The van der Waals surface area contributed by atoms with E-state index in [0.29, 0.717) is 11.3 Å². The average Bonchev–Trinajstić information content (AvgIpc) is 3.13. The fourth-order valence-electron chi connectivity index (χ4n) is 4.80. The number of nitro benzene ring substituents is 1. The number of nitrogens with one attached hydrogen (secondary N) is 1. The first kappa shape index (κ1) is 24.2. The van der Waals surface area contributed by atoms with Crippen molar-refractivity contribution in [1.29, 1.82) is 0 Å². The molecule has 1 heterocycles. The molecule has 4 rings (SSSR count). The quantitative estimate of drug-likeness (QED) is 0.370. The Morgan fingerprint density at radius 1 is 1.00 bits per heavy atom. The zero-order chi connectivity index (χ0) is 24.8. The van der Waals surface area contributed by atoms with Gasteiger partial charge in [-0.1, -0.05) is 61.4 Å². The summed E-state index contributed by atoms with van der Waals surface area (Å²) >= 11 is 0. The predicted octanol–water partition coefficient (Wildman–Crippen LogP) is 4.40. The van der Waals surface area contributed by atoms with Crippen molar-refractivity contribution >= 4 is 34.0 Å². The topological polar surface area (TPSA) is 119 Å². The highest BCUT2D eigenvalue weighted by molar-refractivity contribution is 5.90. The zero-order valence-electron chi connectivity index (χ0n) is 19.6. The van der Waals surface area contributed by atoms with Crippen LogP contribution in [0, 0.1) is 10.1 Å². The first-order valence-electron chi connectivity index (χ1n) is 12.0. The number of amides is 2. The molecule has 182 valence electrons. The van der Waals surface area contributed by atoms with Crippen LogP contribution in [0.2, 0.25) is 0 Å². The van der Waals surface area contributed by atoms with Gasteiger partial charge >= 0.3 is 0 Å². The molecule has 8 heteroatoms. The molecular formula is C27H30N4O4. The number of nitro groups is 1. The summed E-state index contributed by atoms with van der Waals surface area (Å²) in [5.74, 6) is -0.883. The summed E-state index contributed by atoms with van der Waals surface area (Å²) in [5.41, 5.74) is 7.36. The monoisotopic (exact) mass is 474 g/mol. The van der Waals surface area contributed by atoms with E-state index in [4.69, 9.17) is 5.73 Å². The Labute approximate surface area is 204 Å². The van der Waals surface area contributed by atoms with Gasteiger partial charge in [0, 0.05) is 19.2 Å². The molecule has 0 saturated carbocycles. The van der Waals surface area contributed by atoms with E-state index in [1.165, 1.54) is 6.07 Å². The number of nitrogens with zero attached hydrogens (tertiary/aromatic N) is 2. The Kier molecular flexibility index (Phi) is 7.60. The minimum atomic E-state index is -0.758. The van der Waals surface area contributed by atoms with E-state index in [1.807, 2.05) is 42.5 Å². The van der Waals surface area contributed by atoms with E-state index >= 15 is 0 Å². The molecule has 0 spiro atoms. The lowest BCUT2D eigenvalue weighted by atomic mass is 9.99. The van der Waals surface area contributed by atoms with Crippen LogP contribution in [0.15, 0.2) is 60.7 Å². The molecule has 3 aromatic rings. The number of hydrogen-bond donors (Lipinski definition) is 2. The van der Waals surface area contributed by atoms with E-state index in [2.05, 4.69) is 10.2 Å². The molecule has 0 radical (unpaired) electrons. The van der Waals surface area contributed by atoms with Gasteiger partial charge in [0.2, 0.25) is 11.8 Å². The largest absolute Gasteiger partial charge is 0.370 e. The molecule has 1 aliphatic heterocycles. The van der Waals surface area contributed by atoms with Crippen molar-refractivity contribution in [2.75, 3.05) is 18.0 Å². The number of carbonyl (C=O) groups excluding carboxylic acids is 2. The van der Waals surface area contributed by atoms with Crippen LogP contribution in [0.25, 0.3) is 10.8 Å². The van der Waals surface area contributed by atoms with E-state index < -0.39 is 16.9 Å². The van der Waals surface area contributed by atoms with Gasteiger partial charge in [-0.05, 0) is 40.8 Å². The standard InChI is InChI=1S/C27H30N4O4/c28-26(32)18-23(29-27(33)17-20-10-7-9-19-8-3-4-11-22(19)20)21-12-13-24(25(16-21)31(34)35)30-14-5-1-2-6-15-30/h3-4,7-13,16,23H,1-2,5-6,14-15,17-18H2,(H2,28,32)(H,29,33). The fourth-order valence-corrected chi connectivity index (χ4v) is 4.80. The molecule has 8 nitrogen and oxygen atoms in total. The summed E-state index contributed by atoms with van der Waals surface area (Å²) in [4.78, 5) is 38.4. The molecule has 1 aliphatic rings. The second-order valence-electron chi connectivity index (χ2n) is 9.01. The smallest absolute Gasteiger partial charge is 0.292 e. The van der Waals surface area contributed by atoms with Gasteiger partial charge in [0.1, 0.15) is 5.69 Å². The highest BCUT2D eigenvalue weighted by Crippen LogP contribution is 2.33. The SMILES string of the molecule is NC(=O)CC(NC(=O)Cc1cccc2ccccc12)c1ccc(N2CCCCCC2)c([N+](=O)[O-])c1. The minimum absolute atomic E-state index is 0.0258. The molecule has 0 aliphatic carbocycles. The van der Waals surface area contributed by atoms with Gasteiger partial charge in [-0.25, -0.2) is 0 Å². The lowest BCUT2D eigenvalue weighted by Gasteiger charge is -2.24. The maximum absolute atomic E-state index is 13.0. The van der Waals surface area contributed by atoms with E-state index in [-0.39, 0.29) is 24.4 Å². The summed E-state index contributed by atoms with van der Waals surface area (Å²) < 4.78 is 0. The highest BCUT2D eigenvalue weighted by atomic mass is 16.6. The molecule has 35 heavy (non-hydrogen) atoms. The van der Waals surface area contributed by atoms with Crippen LogP contribution in [-0.4, -0.2) is 29.8 Å². The number of nitrogens with two attached hydrogens (primary N) is 1. The van der Waals surface area contributed by atoms with Gasteiger partial charge in [0.25, 0.3) is 5.69 Å². The lowest BCUT2D eigenvalue weighted by Crippen LogP contribution is -2.33. The molecule has 1 atom stereocenters. The summed E-state index contributed by atoms with van der Waals surface area (Å²) in [6.45, 7) is 1.54. The van der Waals surface area contributed by atoms with Gasteiger partial charge in [0.05, 0.1) is 23.8 Å². The average molecular weight is 475 g/mol. The van der Waals surface area contributed by atoms with Crippen LogP contribution in [0.5, 0.6) is 0 Å². The Morgan fingerprint density at radius 3 is 2.43 bits per heavy atom. The number of carbonyl (C=O) groups is 2. The van der Waals surface area contributed by atoms with Crippen LogP contribution in [0.3, 0.4) is 0 Å². The highest BCUT2D eigenvalue weighted by Gasteiger charge is 2.25. The van der Waals surface area contributed by atoms with Crippen molar-refractivity contribution in [2.24, 2.45) is 5.73 Å². The number of anilines is 1. The maximum Gasteiger partial charge on any atom is 0.292 e. The summed E-state index contributed by atoms with van der Waals surface area (Å²) in [7, 11) is 0. The van der Waals surface area contributed by atoms with Crippen molar-refractivity contribution in [1.82, 2.24) is 5.32 Å². The van der Waals surface area contributed by atoms with Crippen LogP contribution < -0.4 is 16.0 Å². The van der Waals surface area contributed by atoms with Crippen molar-refractivity contribution in [3.8, 4) is 0 Å².